The third-order valence-electron chi connectivity index (χ3n) is 3.91. The maximum absolute atomic E-state index is 12.7. The van der Waals surface area contributed by atoms with E-state index in [0.717, 1.165) is 5.56 Å². The molecule has 0 saturated carbocycles. The largest absolute Gasteiger partial charge is 0.493 e. The minimum atomic E-state index is -0.365. The minimum absolute atomic E-state index is 0.174. The molecule has 134 valence electrons. The van der Waals surface area contributed by atoms with Crippen LogP contribution >= 0.6 is 0 Å². The zero-order valence-corrected chi connectivity index (χ0v) is 14.6. The van der Waals surface area contributed by atoms with E-state index in [1.807, 2.05) is 13.0 Å². The fourth-order valence-electron chi connectivity index (χ4n) is 2.54. The number of fused-ring (bicyclic) bond motifs is 1. The molecule has 26 heavy (non-hydrogen) atoms. The molecule has 0 radical (unpaired) electrons. The number of methoxy groups -OCH3 is 2. The molecule has 1 N–H and O–H groups in total. The highest BCUT2D eigenvalue weighted by atomic mass is 16.5. The molecule has 0 unspecified atom stereocenters. The second-order valence-electron chi connectivity index (χ2n) is 5.62. The number of benzene rings is 1. The summed E-state index contributed by atoms with van der Waals surface area (Å²) in [5.41, 5.74) is 0.954. The first-order valence-electron chi connectivity index (χ1n) is 7.86. The van der Waals surface area contributed by atoms with Gasteiger partial charge in [0.2, 0.25) is 5.91 Å². The molecular weight excluding hydrogens is 336 g/mol. The molecule has 2 aromatic heterocycles. The zero-order valence-electron chi connectivity index (χ0n) is 14.6. The lowest BCUT2D eigenvalue weighted by molar-refractivity contribution is -0.116. The van der Waals surface area contributed by atoms with Gasteiger partial charge in [0, 0.05) is 12.3 Å². The van der Waals surface area contributed by atoms with Crippen LogP contribution in [0.2, 0.25) is 0 Å². The van der Waals surface area contributed by atoms with Crippen LogP contribution in [0.3, 0.4) is 0 Å². The predicted octanol–water partition coefficient (Wildman–Crippen LogP) is 1.76. The summed E-state index contributed by atoms with van der Waals surface area (Å²) < 4.78 is 11.7. The van der Waals surface area contributed by atoms with Crippen LogP contribution in [0.15, 0.2) is 41.6 Å². The Labute approximate surface area is 149 Å². The molecule has 1 amide bonds. The maximum Gasteiger partial charge on any atom is 0.261 e. The van der Waals surface area contributed by atoms with E-state index in [-0.39, 0.29) is 18.0 Å². The number of anilines is 1. The van der Waals surface area contributed by atoms with E-state index in [2.05, 4.69) is 15.3 Å². The van der Waals surface area contributed by atoms with Crippen LogP contribution in [-0.2, 0) is 11.3 Å². The van der Waals surface area contributed by atoms with Crippen LogP contribution in [0, 0.1) is 6.92 Å². The van der Waals surface area contributed by atoms with Crippen molar-refractivity contribution in [3.63, 3.8) is 0 Å². The highest BCUT2D eigenvalue weighted by Crippen LogP contribution is 2.29. The quantitative estimate of drug-likeness (QED) is 0.750. The van der Waals surface area contributed by atoms with Gasteiger partial charge in [0.15, 0.2) is 11.5 Å². The fraction of sp³-hybridized carbons (Fsp3) is 0.222. The Hall–Kier alpha value is -3.42. The highest BCUT2D eigenvalue weighted by molar-refractivity contribution is 5.90. The van der Waals surface area contributed by atoms with E-state index in [9.17, 15) is 9.59 Å². The van der Waals surface area contributed by atoms with E-state index < -0.39 is 0 Å². The summed E-state index contributed by atoms with van der Waals surface area (Å²) in [6.07, 6.45) is 2.92. The molecule has 8 nitrogen and oxygen atoms in total. The van der Waals surface area contributed by atoms with E-state index in [4.69, 9.17) is 9.47 Å². The fourth-order valence-corrected chi connectivity index (χ4v) is 2.54. The van der Waals surface area contributed by atoms with Crippen LogP contribution in [0.25, 0.3) is 10.9 Å². The molecule has 0 saturated heterocycles. The topological polar surface area (TPSA) is 95.3 Å². The van der Waals surface area contributed by atoms with E-state index in [1.54, 1.807) is 24.4 Å². The van der Waals surface area contributed by atoms with E-state index >= 15 is 0 Å². The Morgan fingerprint density at radius 2 is 1.92 bits per heavy atom. The van der Waals surface area contributed by atoms with E-state index in [1.165, 1.54) is 25.1 Å². The number of ether oxygens (including phenoxy) is 2. The standard InChI is InChI=1S/C18H18N4O4/c1-11-5-4-6-19-17(11)21-16(23)9-22-10-20-13-8-15(26-3)14(25-2)7-12(13)18(22)24/h4-8,10H,9H2,1-3H3,(H,19,21,23). The number of aryl methyl sites for hydroxylation is 1. The van der Waals surface area contributed by atoms with Crippen molar-refractivity contribution in [3.05, 3.63) is 52.7 Å². The Kier molecular flexibility index (Phi) is 4.83. The van der Waals surface area contributed by atoms with Gasteiger partial charge in [-0.25, -0.2) is 9.97 Å². The SMILES string of the molecule is COc1cc2ncn(CC(=O)Nc3ncccc3C)c(=O)c2cc1OC. The predicted molar refractivity (Wildman–Crippen MR) is 96.7 cm³/mol. The zero-order chi connectivity index (χ0) is 18.7. The van der Waals surface area contributed by atoms with Crippen molar-refractivity contribution in [2.75, 3.05) is 19.5 Å². The van der Waals surface area contributed by atoms with Crippen LogP contribution in [0.4, 0.5) is 5.82 Å². The summed E-state index contributed by atoms with van der Waals surface area (Å²) in [6, 6.07) is 6.80. The summed E-state index contributed by atoms with van der Waals surface area (Å²) in [7, 11) is 3.00. The number of nitrogens with zero attached hydrogens (tertiary/aromatic N) is 3. The van der Waals surface area contributed by atoms with Gasteiger partial charge in [0.05, 0.1) is 31.4 Å². The summed E-state index contributed by atoms with van der Waals surface area (Å²) in [6.45, 7) is 1.66. The minimum Gasteiger partial charge on any atom is -0.493 e. The Morgan fingerprint density at radius 3 is 2.62 bits per heavy atom. The number of nitrogens with one attached hydrogen (secondary N) is 1. The van der Waals surface area contributed by atoms with Crippen LogP contribution in [-0.4, -0.2) is 34.7 Å². The molecule has 0 aliphatic carbocycles. The molecule has 0 aliphatic rings. The number of carbonyl (C=O) groups is 1. The first-order chi connectivity index (χ1) is 12.5. The summed E-state index contributed by atoms with van der Waals surface area (Å²) in [4.78, 5) is 33.3. The average Bonchev–Trinajstić information content (AvgIpc) is 2.65. The lowest BCUT2D eigenvalue weighted by atomic mass is 10.2. The van der Waals surface area contributed by atoms with Gasteiger partial charge < -0.3 is 14.8 Å². The molecular formula is C18H18N4O4. The number of aromatic nitrogens is 3. The van der Waals surface area contributed by atoms with Crippen molar-refractivity contribution < 1.29 is 14.3 Å². The summed E-state index contributed by atoms with van der Waals surface area (Å²) in [5, 5.41) is 3.03. The number of rotatable bonds is 5. The molecule has 2 heterocycles. The van der Waals surface area contributed by atoms with Crippen molar-refractivity contribution in [1.29, 1.82) is 0 Å². The van der Waals surface area contributed by atoms with Crippen molar-refractivity contribution >= 4 is 22.6 Å². The molecule has 0 atom stereocenters. The summed E-state index contributed by atoms with van der Waals surface area (Å²) in [5.74, 6) is 1.000. The van der Waals surface area contributed by atoms with Gasteiger partial charge in [0.1, 0.15) is 12.4 Å². The van der Waals surface area contributed by atoms with Crippen LogP contribution in [0.1, 0.15) is 5.56 Å². The van der Waals surface area contributed by atoms with Crippen molar-refractivity contribution in [2.24, 2.45) is 0 Å². The smallest absolute Gasteiger partial charge is 0.261 e. The number of pyridine rings is 1. The van der Waals surface area contributed by atoms with Gasteiger partial charge in [-0.2, -0.15) is 0 Å². The van der Waals surface area contributed by atoms with Crippen molar-refractivity contribution in [1.82, 2.24) is 14.5 Å². The van der Waals surface area contributed by atoms with Gasteiger partial charge >= 0.3 is 0 Å². The number of carbonyl (C=O) groups excluding carboxylic acids is 1. The van der Waals surface area contributed by atoms with Gasteiger partial charge in [0.25, 0.3) is 5.56 Å². The summed E-state index contributed by atoms with van der Waals surface area (Å²) >= 11 is 0. The number of hydrogen-bond acceptors (Lipinski definition) is 6. The third-order valence-corrected chi connectivity index (χ3v) is 3.91. The second kappa shape index (κ2) is 7.22. The first kappa shape index (κ1) is 17.4. The Morgan fingerprint density at radius 1 is 1.19 bits per heavy atom. The number of hydrogen-bond donors (Lipinski definition) is 1. The average molecular weight is 354 g/mol. The monoisotopic (exact) mass is 354 g/mol. The first-order valence-corrected chi connectivity index (χ1v) is 7.86. The molecule has 0 spiro atoms. The third kappa shape index (κ3) is 3.34. The molecule has 1 aromatic carbocycles. The lowest BCUT2D eigenvalue weighted by Crippen LogP contribution is -2.28. The van der Waals surface area contributed by atoms with Crippen molar-refractivity contribution in [3.8, 4) is 11.5 Å². The molecule has 0 bridgehead atoms. The van der Waals surface area contributed by atoms with Gasteiger partial charge in [-0.3, -0.25) is 14.2 Å². The van der Waals surface area contributed by atoms with Crippen molar-refractivity contribution in [2.45, 2.75) is 13.5 Å². The van der Waals surface area contributed by atoms with Crippen LogP contribution < -0.4 is 20.3 Å². The molecule has 0 aliphatic heterocycles. The Bertz CT molecular complexity index is 1030. The lowest BCUT2D eigenvalue weighted by Gasteiger charge is -2.11. The number of amides is 1. The molecule has 3 aromatic rings. The van der Waals surface area contributed by atoms with Gasteiger partial charge in [-0.05, 0) is 24.6 Å². The Balaban J connectivity index is 1.91. The highest BCUT2D eigenvalue weighted by Gasteiger charge is 2.13. The maximum atomic E-state index is 12.7. The molecule has 3 rings (SSSR count). The van der Waals surface area contributed by atoms with Crippen LogP contribution in [0.5, 0.6) is 11.5 Å². The molecule has 8 heteroatoms. The van der Waals surface area contributed by atoms with Gasteiger partial charge in [-0.15, -0.1) is 0 Å². The normalized spacial score (nSPS) is 10.6. The second-order valence-corrected chi connectivity index (χ2v) is 5.62. The van der Waals surface area contributed by atoms with E-state index in [0.29, 0.717) is 28.2 Å². The molecule has 0 fully saturated rings. The van der Waals surface area contributed by atoms with Gasteiger partial charge in [-0.1, -0.05) is 6.07 Å².